The van der Waals surface area contributed by atoms with E-state index in [0.29, 0.717) is 17.9 Å². The molecule has 0 bridgehead atoms. The van der Waals surface area contributed by atoms with Gasteiger partial charge in [-0.25, -0.2) is 19.6 Å². The molecule has 2 amide bonds. The number of hydrogen-bond acceptors (Lipinski definition) is 16. The number of rotatable bonds is 12. The van der Waals surface area contributed by atoms with Gasteiger partial charge in [0.15, 0.2) is 11.9 Å². The molecule has 2 aromatic heterocycles. The standard InChI is InChI=1S/C48H68N6O12/c1-11-35-48(8)40(53-46(60)66-48)28(4)37(56)26(2)22-47(7,65-45(59)50-19-13-15-32-24-51-42(52-25-32)33-16-17-33)41(64-44-38(57)34(54(9)10)20-27(3)61-44)29(5)39(30(6)43(58)62-35)63-36(55)21-31-14-12-18-49-23-31/h12-15,18,23-30,33-35,38-41,44,57H,11,16-17,19-22H2,1-10H3,(H,50,59)(H,53,60)/b15-13+/t26-,27-,28+,29+,30-,34+,35-,38-,39+,40-,41-,44+,47-,48-/m1/s1. The number of aliphatic hydroxyl groups excluding tert-OH is 1. The smallest absolute Gasteiger partial charge is 0.408 e. The number of likely N-dealkylation sites (N-methyl/N-ethyl adjacent to an activating group) is 1. The summed E-state index contributed by atoms with van der Waals surface area (Å²) in [5.74, 6) is -4.52. The van der Waals surface area contributed by atoms with Gasteiger partial charge in [0.1, 0.15) is 41.6 Å². The molecule has 4 fully saturated rings. The van der Waals surface area contributed by atoms with E-state index in [2.05, 4.69) is 25.6 Å². The molecule has 3 saturated heterocycles. The molecule has 1 aliphatic carbocycles. The van der Waals surface area contributed by atoms with Gasteiger partial charge in [-0.2, -0.15) is 0 Å². The molecule has 14 atom stereocenters. The Bertz CT molecular complexity index is 2050. The van der Waals surface area contributed by atoms with Gasteiger partial charge in [-0.05, 0) is 85.5 Å². The maximum Gasteiger partial charge on any atom is 0.408 e. The molecule has 18 heteroatoms. The summed E-state index contributed by atoms with van der Waals surface area (Å²) in [4.78, 5) is 85.2. The van der Waals surface area contributed by atoms with Crippen LogP contribution in [0.5, 0.6) is 0 Å². The summed E-state index contributed by atoms with van der Waals surface area (Å²) < 4.78 is 37.9. The summed E-state index contributed by atoms with van der Waals surface area (Å²) in [5, 5.41) is 17.4. The Hall–Kier alpha value is -5.04. The number of carbonyl (C=O) groups is 5. The molecule has 0 radical (unpaired) electrons. The highest BCUT2D eigenvalue weighted by Crippen LogP contribution is 2.42. The van der Waals surface area contributed by atoms with Gasteiger partial charge in [-0.15, -0.1) is 0 Å². The van der Waals surface area contributed by atoms with Crippen molar-refractivity contribution in [3.8, 4) is 0 Å². The molecule has 3 N–H and O–H groups in total. The highest BCUT2D eigenvalue weighted by atomic mass is 16.7. The van der Waals surface area contributed by atoms with Crippen molar-refractivity contribution >= 4 is 36.0 Å². The van der Waals surface area contributed by atoms with Crippen molar-refractivity contribution in [2.75, 3.05) is 20.6 Å². The van der Waals surface area contributed by atoms with Crippen LogP contribution in [-0.2, 0) is 49.2 Å². The quantitative estimate of drug-likeness (QED) is 0.190. The first-order valence-corrected chi connectivity index (χ1v) is 23.2. The fourth-order valence-electron chi connectivity index (χ4n) is 9.87. The Morgan fingerprint density at radius 3 is 2.39 bits per heavy atom. The number of Topliss-reactive ketones (excluding diaryl/α,β-unsaturated/α-hetero) is 1. The predicted octanol–water partition coefficient (Wildman–Crippen LogP) is 4.92. The number of esters is 2. The highest BCUT2D eigenvalue weighted by Gasteiger charge is 2.58. The maximum absolute atomic E-state index is 14.7. The Balaban J connectivity index is 1.41. The van der Waals surface area contributed by atoms with Crippen LogP contribution < -0.4 is 10.6 Å². The molecular weight excluding hydrogens is 853 g/mol. The van der Waals surface area contributed by atoms with Crippen molar-refractivity contribution in [3.05, 3.63) is 59.9 Å². The zero-order valence-electron chi connectivity index (χ0n) is 39.8. The second-order valence-electron chi connectivity index (χ2n) is 19.2. The second kappa shape index (κ2) is 21.3. The molecule has 1 saturated carbocycles. The number of alkyl carbamates (subject to hydrolysis) is 2. The SMILES string of the molecule is CC[C@H]1OC(=O)[C@H](C)[C@@H](OC(=O)Cc2cccnc2)[C@H](C)[C@@H](O[C@@H]2O[C@H](C)C[C@H](N(C)C)[C@H]2O)[C@](C)(OC(=O)NC/C=C/c2cnc(C3CC3)nc2)C[C@@H](C)C(=O)[C@H](C)[C@H]2NC(=O)O[C@@]21C. The predicted molar refractivity (Wildman–Crippen MR) is 239 cm³/mol. The van der Waals surface area contributed by atoms with Crippen LogP contribution in [0.1, 0.15) is 110 Å². The lowest BCUT2D eigenvalue weighted by Gasteiger charge is -2.48. The number of cyclic esters (lactones) is 1. The van der Waals surface area contributed by atoms with Crippen LogP contribution in [0.15, 0.2) is 43.0 Å². The van der Waals surface area contributed by atoms with Crippen LogP contribution in [0, 0.1) is 23.7 Å². The fourth-order valence-corrected chi connectivity index (χ4v) is 9.87. The van der Waals surface area contributed by atoms with E-state index in [1.165, 1.54) is 6.20 Å². The Labute approximate surface area is 387 Å². The van der Waals surface area contributed by atoms with Crippen molar-refractivity contribution < 1.29 is 57.5 Å². The average molecular weight is 921 g/mol. The first-order chi connectivity index (χ1) is 31.2. The molecule has 4 aliphatic rings. The first-order valence-electron chi connectivity index (χ1n) is 23.2. The van der Waals surface area contributed by atoms with E-state index < -0.39 is 102 Å². The lowest BCUT2D eigenvalue weighted by molar-refractivity contribution is -0.298. The first kappa shape index (κ1) is 50.4. The van der Waals surface area contributed by atoms with Crippen LogP contribution in [0.4, 0.5) is 9.59 Å². The topological polar surface area (TPSA) is 227 Å². The van der Waals surface area contributed by atoms with E-state index in [9.17, 15) is 29.1 Å². The average Bonchev–Trinajstić information content (AvgIpc) is 4.08. The number of nitrogens with one attached hydrogen (secondary N) is 2. The molecule has 362 valence electrons. The summed E-state index contributed by atoms with van der Waals surface area (Å²) in [6.45, 7) is 13.5. The van der Waals surface area contributed by atoms with E-state index in [1.54, 1.807) is 91.3 Å². The molecule has 0 aromatic carbocycles. The second-order valence-corrected chi connectivity index (χ2v) is 19.2. The monoisotopic (exact) mass is 920 g/mol. The largest absolute Gasteiger partial charge is 0.461 e. The van der Waals surface area contributed by atoms with Gasteiger partial charge in [0, 0.05) is 66.6 Å². The van der Waals surface area contributed by atoms with Gasteiger partial charge < -0.3 is 49.1 Å². The van der Waals surface area contributed by atoms with Gasteiger partial charge in [0.05, 0.1) is 24.5 Å². The number of amides is 2. The van der Waals surface area contributed by atoms with Gasteiger partial charge in [-0.1, -0.05) is 45.9 Å². The molecule has 3 aliphatic heterocycles. The van der Waals surface area contributed by atoms with Crippen LogP contribution in [-0.4, -0.2) is 136 Å². The number of carbonyl (C=O) groups excluding carboxylic acids is 5. The third kappa shape index (κ3) is 11.7. The summed E-state index contributed by atoms with van der Waals surface area (Å²) in [5.41, 5.74) is -1.94. The zero-order chi connectivity index (χ0) is 48.1. The third-order valence-corrected chi connectivity index (χ3v) is 13.6. The minimum Gasteiger partial charge on any atom is -0.461 e. The van der Waals surface area contributed by atoms with Gasteiger partial charge >= 0.3 is 24.1 Å². The summed E-state index contributed by atoms with van der Waals surface area (Å²) in [6.07, 6.45) is 4.35. The van der Waals surface area contributed by atoms with Gasteiger partial charge in [0.2, 0.25) is 0 Å². The van der Waals surface area contributed by atoms with E-state index in [-0.39, 0.29) is 37.7 Å². The van der Waals surface area contributed by atoms with E-state index >= 15 is 0 Å². The van der Waals surface area contributed by atoms with Gasteiger partial charge in [-0.3, -0.25) is 19.4 Å². The molecule has 0 unspecified atom stereocenters. The summed E-state index contributed by atoms with van der Waals surface area (Å²) in [6, 6.07) is 2.07. The molecule has 6 rings (SSSR count). The zero-order valence-corrected chi connectivity index (χ0v) is 39.8. The van der Waals surface area contributed by atoms with Crippen molar-refractivity contribution in [1.29, 1.82) is 0 Å². The number of hydrogen-bond donors (Lipinski definition) is 3. The van der Waals surface area contributed by atoms with Crippen LogP contribution in [0.25, 0.3) is 6.08 Å². The lowest BCUT2D eigenvalue weighted by atomic mass is 9.73. The minimum atomic E-state index is -1.77. The lowest BCUT2D eigenvalue weighted by Crippen LogP contribution is -2.61. The number of ether oxygens (including phenoxy) is 6. The van der Waals surface area contributed by atoms with Crippen LogP contribution >= 0.6 is 0 Å². The third-order valence-electron chi connectivity index (χ3n) is 13.6. The summed E-state index contributed by atoms with van der Waals surface area (Å²) >= 11 is 0. The van der Waals surface area contributed by atoms with Crippen molar-refractivity contribution in [2.45, 2.75) is 160 Å². The number of aromatic nitrogens is 3. The van der Waals surface area contributed by atoms with Crippen LogP contribution in [0.3, 0.4) is 0 Å². The molecule has 2 aromatic rings. The van der Waals surface area contributed by atoms with Crippen LogP contribution in [0.2, 0.25) is 0 Å². The Morgan fingerprint density at radius 2 is 1.76 bits per heavy atom. The Morgan fingerprint density at radius 1 is 1.05 bits per heavy atom. The highest BCUT2D eigenvalue weighted by molar-refractivity contribution is 5.85. The molecule has 66 heavy (non-hydrogen) atoms. The minimum absolute atomic E-state index is 0.0361. The van der Waals surface area contributed by atoms with E-state index in [1.807, 2.05) is 25.9 Å². The molecule has 5 heterocycles. The number of ketones is 1. The van der Waals surface area contributed by atoms with Crippen molar-refractivity contribution in [2.24, 2.45) is 23.7 Å². The maximum atomic E-state index is 14.7. The molecular formula is C48H68N6O12. The number of nitrogens with zero attached hydrogens (tertiary/aromatic N) is 4. The van der Waals surface area contributed by atoms with Crippen molar-refractivity contribution in [1.82, 2.24) is 30.5 Å². The summed E-state index contributed by atoms with van der Waals surface area (Å²) in [7, 11) is 3.67. The normalized spacial score (nSPS) is 35.5. The molecule has 18 nitrogen and oxygen atoms in total. The number of fused-ring (bicyclic) bond motifs is 1. The number of aliphatic hydroxyl groups is 1. The Kier molecular flexibility index (Phi) is 16.2. The van der Waals surface area contributed by atoms with Gasteiger partial charge in [0.25, 0.3) is 0 Å². The number of pyridine rings is 1. The van der Waals surface area contributed by atoms with E-state index in [0.717, 1.165) is 24.2 Å². The van der Waals surface area contributed by atoms with Crippen molar-refractivity contribution in [3.63, 3.8) is 0 Å². The molecule has 0 spiro atoms. The fraction of sp³-hybridized carbons (Fsp3) is 0.667. The van der Waals surface area contributed by atoms with E-state index in [4.69, 9.17) is 28.4 Å².